The summed E-state index contributed by atoms with van der Waals surface area (Å²) in [6.45, 7) is 6.75. The number of hydrogen-bond donors (Lipinski definition) is 1. The molecule has 1 aromatic heterocycles. The molecule has 7 nitrogen and oxygen atoms in total. The van der Waals surface area contributed by atoms with Crippen LogP contribution in [0.3, 0.4) is 0 Å². The Bertz CT molecular complexity index is 1110. The van der Waals surface area contributed by atoms with Gasteiger partial charge in [-0.3, -0.25) is 4.98 Å². The highest BCUT2D eigenvalue weighted by Crippen LogP contribution is 2.31. The van der Waals surface area contributed by atoms with Crippen molar-refractivity contribution in [1.29, 1.82) is 0 Å². The quantitative estimate of drug-likeness (QED) is 0.516. The number of hydrogen-bond acceptors (Lipinski definition) is 7. The summed E-state index contributed by atoms with van der Waals surface area (Å²) in [6.07, 6.45) is 1.44. The molecule has 180 valence electrons. The van der Waals surface area contributed by atoms with Gasteiger partial charge in [0.25, 0.3) is 0 Å². The molecule has 0 amide bonds. The van der Waals surface area contributed by atoms with E-state index in [-0.39, 0.29) is 18.6 Å². The summed E-state index contributed by atoms with van der Waals surface area (Å²) in [5, 5.41) is 13.3. The predicted molar refractivity (Wildman–Crippen MR) is 129 cm³/mol. The Morgan fingerprint density at radius 2 is 1.85 bits per heavy atom. The fourth-order valence-corrected chi connectivity index (χ4v) is 4.13. The number of pyridine rings is 1. The maximum atomic E-state index is 12.2. The summed E-state index contributed by atoms with van der Waals surface area (Å²) in [4.78, 5) is 22.2. The number of benzene rings is 2. The Kier molecular flexibility index (Phi) is 7.46. The highest BCUT2D eigenvalue weighted by molar-refractivity contribution is 5.82. The van der Waals surface area contributed by atoms with Crippen molar-refractivity contribution in [3.05, 3.63) is 77.6 Å². The first-order chi connectivity index (χ1) is 16.3. The largest absolute Gasteiger partial charge is 0.528 e. The Morgan fingerprint density at radius 1 is 1.09 bits per heavy atom. The van der Waals surface area contributed by atoms with E-state index in [4.69, 9.17) is 14.3 Å². The minimum Gasteiger partial charge on any atom is -0.427 e. The summed E-state index contributed by atoms with van der Waals surface area (Å²) < 4.78 is 11.7. The molecular weight excluding hydrogens is 432 g/mol. The van der Waals surface area contributed by atoms with E-state index in [1.165, 1.54) is 10.8 Å². The van der Waals surface area contributed by atoms with Crippen LogP contribution in [0, 0.1) is 0 Å². The van der Waals surface area contributed by atoms with Crippen molar-refractivity contribution in [2.75, 3.05) is 13.1 Å². The Labute approximate surface area is 200 Å². The van der Waals surface area contributed by atoms with E-state index < -0.39 is 11.8 Å². The standard InChI is InChI=1S/C27H32N2O5/c1-27(2,3)33-26(31)34-29-13-12-23(24-11-9-20(17-30)15-28-24)25(16-29)32-18-19-8-10-21-6-4-5-7-22(21)14-19/h4-11,14-15,23,25,30H,12-13,16-18H2,1-3H3. The minimum absolute atomic E-state index is 0.0340. The molecule has 2 unspecified atom stereocenters. The van der Waals surface area contributed by atoms with Gasteiger partial charge >= 0.3 is 6.16 Å². The van der Waals surface area contributed by atoms with E-state index in [1.807, 2.05) is 24.3 Å². The molecule has 34 heavy (non-hydrogen) atoms. The van der Waals surface area contributed by atoms with Crippen molar-refractivity contribution in [1.82, 2.24) is 10.0 Å². The zero-order valence-electron chi connectivity index (χ0n) is 19.9. The molecule has 2 heterocycles. The normalized spacial score (nSPS) is 19.2. The van der Waals surface area contributed by atoms with E-state index in [0.717, 1.165) is 16.8 Å². The molecule has 1 aliphatic heterocycles. The lowest BCUT2D eigenvalue weighted by atomic mass is 9.90. The summed E-state index contributed by atoms with van der Waals surface area (Å²) in [6, 6.07) is 18.4. The molecule has 0 aliphatic carbocycles. The first kappa shape index (κ1) is 24.1. The molecule has 4 rings (SSSR count). The van der Waals surface area contributed by atoms with Crippen LogP contribution < -0.4 is 0 Å². The molecule has 2 aromatic carbocycles. The van der Waals surface area contributed by atoms with E-state index >= 15 is 0 Å². The van der Waals surface area contributed by atoms with Gasteiger partial charge in [0.2, 0.25) is 0 Å². The van der Waals surface area contributed by atoms with Gasteiger partial charge in [-0.2, -0.15) is 0 Å². The lowest BCUT2D eigenvalue weighted by Crippen LogP contribution is -2.45. The van der Waals surface area contributed by atoms with Crippen LogP contribution in [0.2, 0.25) is 0 Å². The molecule has 0 bridgehead atoms. The number of aliphatic hydroxyl groups is 1. The van der Waals surface area contributed by atoms with Crippen LogP contribution in [0.25, 0.3) is 10.8 Å². The van der Waals surface area contributed by atoms with E-state index in [9.17, 15) is 9.90 Å². The van der Waals surface area contributed by atoms with Crippen LogP contribution in [0.5, 0.6) is 0 Å². The average Bonchev–Trinajstić information content (AvgIpc) is 2.81. The third-order valence-corrected chi connectivity index (χ3v) is 5.80. The number of aliphatic hydroxyl groups excluding tert-OH is 1. The Balaban J connectivity index is 1.48. The van der Waals surface area contributed by atoms with Gasteiger partial charge in [-0.15, -0.1) is 5.06 Å². The fraction of sp³-hybridized carbons (Fsp3) is 0.407. The molecule has 1 N–H and O–H groups in total. The Hall–Kier alpha value is -3.00. The van der Waals surface area contributed by atoms with Gasteiger partial charge in [0.15, 0.2) is 0 Å². The topological polar surface area (TPSA) is 81.1 Å². The lowest BCUT2D eigenvalue weighted by Gasteiger charge is -2.37. The first-order valence-electron chi connectivity index (χ1n) is 11.6. The number of rotatable bonds is 6. The van der Waals surface area contributed by atoms with Crippen molar-refractivity contribution >= 4 is 16.9 Å². The zero-order chi connectivity index (χ0) is 24.1. The third-order valence-electron chi connectivity index (χ3n) is 5.80. The molecule has 3 aromatic rings. The Morgan fingerprint density at radius 3 is 2.56 bits per heavy atom. The minimum atomic E-state index is -0.718. The highest BCUT2D eigenvalue weighted by atomic mass is 16.8. The number of ether oxygens (including phenoxy) is 2. The van der Waals surface area contributed by atoms with Gasteiger partial charge in [0.05, 0.1) is 25.9 Å². The molecule has 2 atom stereocenters. The predicted octanol–water partition coefficient (Wildman–Crippen LogP) is 4.97. The molecule has 0 radical (unpaired) electrons. The van der Waals surface area contributed by atoms with Crippen molar-refractivity contribution in [2.24, 2.45) is 0 Å². The second-order valence-electron chi connectivity index (χ2n) is 9.62. The van der Waals surface area contributed by atoms with Crippen molar-refractivity contribution in [2.45, 2.75) is 58.0 Å². The van der Waals surface area contributed by atoms with Crippen LogP contribution >= 0.6 is 0 Å². The first-order valence-corrected chi connectivity index (χ1v) is 11.6. The van der Waals surface area contributed by atoms with Crippen LogP contribution in [-0.2, 0) is 27.5 Å². The van der Waals surface area contributed by atoms with Crippen molar-refractivity contribution < 1.29 is 24.2 Å². The van der Waals surface area contributed by atoms with Crippen LogP contribution in [0.1, 0.15) is 49.9 Å². The summed E-state index contributed by atoms with van der Waals surface area (Å²) in [7, 11) is 0. The number of aromatic nitrogens is 1. The molecule has 1 fully saturated rings. The van der Waals surface area contributed by atoms with Gasteiger partial charge in [-0.1, -0.05) is 42.5 Å². The smallest absolute Gasteiger partial charge is 0.427 e. The van der Waals surface area contributed by atoms with E-state index in [2.05, 4.69) is 35.3 Å². The van der Waals surface area contributed by atoms with Crippen molar-refractivity contribution in [3.8, 4) is 0 Å². The van der Waals surface area contributed by atoms with Crippen LogP contribution in [0.15, 0.2) is 60.8 Å². The summed E-state index contributed by atoms with van der Waals surface area (Å²) >= 11 is 0. The van der Waals surface area contributed by atoms with E-state index in [1.54, 1.807) is 32.0 Å². The fourth-order valence-electron chi connectivity index (χ4n) is 4.13. The number of carbonyl (C=O) groups is 1. The van der Waals surface area contributed by atoms with Gasteiger partial charge in [-0.05, 0) is 61.2 Å². The van der Waals surface area contributed by atoms with Gasteiger partial charge < -0.3 is 19.4 Å². The maximum absolute atomic E-state index is 12.2. The highest BCUT2D eigenvalue weighted by Gasteiger charge is 2.34. The van der Waals surface area contributed by atoms with Gasteiger partial charge in [-0.25, -0.2) is 4.79 Å². The van der Waals surface area contributed by atoms with Crippen LogP contribution in [0.4, 0.5) is 4.79 Å². The SMILES string of the molecule is CC(C)(C)OC(=O)ON1CCC(c2ccc(CO)cn2)C(OCc2ccc3ccccc3c2)C1. The van der Waals surface area contributed by atoms with E-state index in [0.29, 0.717) is 26.1 Å². The van der Waals surface area contributed by atoms with Crippen molar-refractivity contribution in [3.63, 3.8) is 0 Å². The third kappa shape index (κ3) is 6.32. The number of hydroxylamine groups is 2. The zero-order valence-corrected chi connectivity index (χ0v) is 19.9. The molecule has 0 spiro atoms. The number of piperidine rings is 1. The van der Waals surface area contributed by atoms with Gasteiger partial charge in [0.1, 0.15) is 5.60 Å². The summed E-state index contributed by atoms with van der Waals surface area (Å²) in [5.41, 5.74) is 2.12. The second kappa shape index (κ2) is 10.5. The molecular formula is C27H32N2O5. The number of fused-ring (bicyclic) bond motifs is 1. The summed E-state index contributed by atoms with van der Waals surface area (Å²) in [5.74, 6) is 0.0340. The van der Waals surface area contributed by atoms with Gasteiger partial charge in [0, 0.05) is 24.4 Å². The lowest BCUT2D eigenvalue weighted by molar-refractivity contribution is -0.179. The molecule has 1 saturated heterocycles. The second-order valence-corrected chi connectivity index (χ2v) is 9.62. The average molecular weight is 465 g/mol. The maximum Gasteiger partial charge on any atom is 0.528 e. The number of nitrogens with zero attached hydrogens (tertiary/aromatic N) is 2. The molecule has 7 heteroatoms. The molecule has 1 aliphatic rings. The van der Waals surface area contributed by atoms with Crippen LogP contribution in [-0.4, -0.2) is 46.1 Å². The number of carbonyl (C=O) groups excluding carboxylic acids is 1. The monoisotopic (exact) mass is 464 g/mol. The molecule has 0 saturated carbocycles.